The summed E-state index contributed by atoms with van der Waals surface area (Å²) in [6.45, 7) is 0. The van der Waals surface area contributed by atoms with Gasteiger partial charge in [-0.15, -0.1) is 0 Å². The molecule has 2 aromatic carbocycles. The van der Waals surface area contributed by atoms with Crippen molar-refractivity contribution in [1.29, 1.82) is 0 Å². The maximum atomic E-state index is 6.41. The Balaban J connectivity index is 1.32. The third-order valence-corrected chi connectivity index (χ3v) is 9.56. The van der Waals surface area contributed by atoms with Crippen LogP contribution in [0.5, 0.6) is 23.0 Å². The summed E-state index contributed by atoms with van der Waals surface area (Å²) in [4.78, 5) is 0. The summed E-state index contributed by atoms with van der Waals surface area (Å²) in [5.74, 6) is 3.45. The zero-order chi connectivity index (χ0) is 17.2. The first-order valence-electron chi connectivity index (χ1n) is 9.49. The molecule has 0 amide bonds. The molecule has 3 atom stereocenters. The molecule has 5 nitrogen and oxygen atoms in total. The predicted octanol–water partition coefficient (Wildman–Crippen LogP) is 4.28. The summed E-state index contributed by atoms with van der Waals surface area (Å²) in [6, 6.07) is 16.1. The fraction of sp³-hybridized carbons (Fsp3) is 0.400. The van der Waals surface area contributed by atoms with E-state index in [-0.39, 0.29) is 0 Å². The molecule has 3 heterocycles. The van der Waals surface area contributed by atoms with Crippen LogP contribution in [0.4, 0.5) is 0 Å². The van der Waals surface area contributed by atoms with Crippen LogP contribution in [0.3, 0.4) is 0 Å². The van der Waals surface area contributed by atoms with Crippen LogP contribution >= 0.6 is 0 Å². The third-order valence-electron chi connectivity index (χ3n) is 6.00. The maximum absolute atomic E-state index is 6.41. The average molecular weight is 369 g/mol. The van der Waals surface area contributed by atoms with E-state index in [1.807, 2.05) is 48.5 Å². The third kappa shape index (κ3) is 2.18. The zero-order valence-electron chi connectivity index (χ0n) is 14.4. The summed E-state index contributed by atoms with van der Waals surface area (Å²) in [5.41, 5.74) is 0. The normalized spacial score (nSPS) is 32.5. The van der Waals surface area contributed by atoms with Crippen molar-refractivity contribution in [1.82, 2.24) is 0 Å². The van der Waals surface area contributed by atoms with E-state index in [0.29, 0.717) is 47.2 Å². The van der Waals surface area contributed by atoms with Gasteiger partial charge in [0.25, 0.3) is 0 Å². The predicted molar refractivity (Wildman–Crippen MR) is 96.6 cm³/mol. The molecule has 3 aliphatic heterocycles. The van der Waals surface area contributed by atoms with E-state index >= 15 is 0 Å². The van der Waals surface area contributed by atoms with Gasteiger partial charge in [-0.1, -0.05) is 0 Å². The van der Waals surface area contributed by atoms with E-state index in [4.69, 9.17) is 22.4 Å². The van der Waals surface area contributed by atoms with Crippen LogP contribution in [0.15, 0.2) is 48.5 Å². The van der Waals surface area contributed by atoms with Crippen LogP contribution in [0.25, 0.3) is 0 Å². The van der Waals surface area contributed by atoms with Gasteiger partial charge < -0.3 is 0 Å². The summed E-state index contributed by atoms with van der Waals surface area (Å²) in [6.07, 6.45) is 5.43. The molecule has 6 heteroatoms. The Hall–Kier alpha value is -2.18. The van der Waals surface area contributed by atoms with Crippen LogP contribution in [0.1, 0.15) is 25.7 Å². The van der Waals surface area contributed by atoms with Gasteiger partial charge in [0.1, 0.15) is 0 Å². The van der Waals surface area contributed by atoms with Gasteiger partial charge in [-0.2, -0.15) is 0 Å². The first-order valence-corrected chi connectivity index (χ1v) is 11.8. The Bertz CT molecular complexity index is 771. The quantitative estimate of drug-likeness (QED) is 0.597. The molecule has 1 aliphatic carbocycles. The molecule has 0 N–H and O–H groups in total. The summed E-state index contributed by atoms with van der Waals surface area (Å²) < 4.78 is 31.3. The number of epoxide rings is 1. The number of ether oxygens (including phenoxy) is 1. The minimum absolute atomic E-state index is 0.468. The van der Waals surface area contributed by atoms with Crippen LogP contribution in [0, 0.1) is 5.92 Å². The van der Waals surface area contributed by atoms with Gasteiger partial charge in [-0.05, 0) is 0 Å². The van der Waals surface area contributed by atoms with E-state index in [9.17, 15) is 0 Å². The molecule has 2 fully saturated rings. The second-order valence-electron chi connectivity index (χ2n) is 7.81. The second kappa shape index (κ2) is 4.95. The van der Waals surface area contributed by atoms with Gasteiger partial charge in [-0.25, -0.2) is 0 Å². The van der Waals surface area contributed by atoms with Crippen molar-refractivity contribution < 1.29 is 22.4 Å². The average Bonchev–Trinajstić information content (AvgIpc) is 3.25. The Morgan fingerprint density at radius 3 is 1.77 bits per heavy atom. The van der Waals surface area contributed by atoms with Crippen LogP contribution in [-0.2, 0) is 4.74 Å². The molecule has 1 saturated carbocycles. The van der Waals surface area contributed by atoms with Crippen molar-refractivity contribution in [2.75, 3.05) is 0 Å². The summed E-state index contributed by atoms with van der Waals surface area (Å²) >= 11 is 0. The summed E-state index contributed by atoms with van der Waals surface area (Å²) in [5, 5.41) is 0. The van der Waals surface area contributed by atoms with Gasteiger partial charge >= 0.3 is 152 Å². The SMILES string of the molecule is c1ccc2c(c1)O[Si-]1(CCC3CCC4OC4C3)(O2)Oc2ccccc2O1. The molecule has 4 aliphatic rings. The van der Waals surface area contributed by atoms with Gasteiger partial charge in [0.2, 0.25) is 0 Å². The van der Waals surface area contributed by atoms with Crippen molar-refractivity contribution >= 4 is 8.33 Å². The molecule has 3 unspecified atom stereocenters. The van der Waals surface area contributed by atoms with Crippen molar-refractivity contribution in [2.24, 2.45) is 5.92 Å². The van der Waals surface area contributed by atoms with E-state index < -0.39 is 8.33 Å². The van der Waals surface area contributed by atoms with Gasteiger partial charge in [0, 0.05) is 0 Å². The van der Waals surface area contributed by atoms with Crippen molar-refractivity contribution in [3.63, 3.8) is 0 Å². The molecule has 0 aromatic heterocycles. The Kier molecular flexibility index (Phi) is 2.85. The Morgan fingerprint density at radius 2 is 1.27 bits per heavy atom. The Morgan fingerprint density at radius 1 is 0.731 bits per heavy atom. The standard InChI is InChI=1S/C20H21O5Si/c1-2-6-17-16(5-1)22-26(23-17,24-18-7-3-4-8-19(18)25-26)12-11-14-9-10-15-20(13-14)21-15/h1-8,14-15,20H,9-13H2/q-1. The Labute approximate surface area is 152 Å². The summed E-state index contributed by atoms with van der Waals surface area (Å²) in [7, 11) is -4.06. The number of rotatable bonds is 3. The minimum atomic E-state index is -4.06. The second-order valence-corrected chi connectivity index (χ2v) is 11.3. The molecule has 1 spiro atoms. The van der Waals surface area contributed by atoms with Crippen LogP contribution in [0.2, 0.25) is 6.04 Å². The zero-order valence-corrected chi connectivity index (χ0v) is 15.4. The molecule has 136 valence electrons. The number of fused-ring (bicyclic) bond motifs is 3. The van der Waals surface area contributed by atoms with E-state index in [1.54, 1.807) is 0 Å². The molecule has 6 rings (SSSR count). The van der Waals surface area contributed by atoms with Crippen molar-refractivity contribution in [2.45, 2.75) is 43.9 Å². The molecular formula is C20H21O5Si-. The van der Waals surface area contributed by atoms with Gasteiger partial charge in [0.05, 0.1) is 0 Å². The first-order chi connectivity index (χ1) is 12.7. The molecule has 1 saturated heterocycles. The fourth-order valence-electron chi connectivity index (χ4n) is 4.61. The van der Waals surface area contributed by atoms with Crippen molar-refractivity contribution in [3.05, 3.63) is 48.5 Å². The molecule has 2 aromatic rings. The van der Waals surface area contributed by atoms with E-state index in [1.165, 1.54) is 6.42 Å². The molecule has 0 radical (unpaired) electrons. The van der Waals surface area contributed by atoms with E-state index in [2.05, 4.69) is 0 Å². The number of hydrogen-bond acceptors (Lipinski definition) is 5. The monoisotopic (exact) mass is 369 g/mol. The molecular weight excluding hydrogens is 348 g/mol. The molecule has 0 bridgehead atoms. The number of para-hydroxylation sites is 4. The number of benzene rings is 2. The fourth-order valence-corrected chi connectivity index (χ4v) is 8.52. The van der Waals surface area contributed by atoms with Gasteiger partial charge in [-0.3, -0.25) is 0 Å². The van der Waals surface area contributed by atoms with Crippen molar-refractivity contribution in [3.8, 4) is 23.0 Å². The van der Waals surface area contributed by atoms with E-state index in [0.717, 1.165) is 19.3 Å². The number of hydrogen-bond donors (Lipinski definition) is 0. The van der Waals surface area contributed by atoms with Gasteiger partial charge in [0.15, 0.2) is 0 Å². The topological polar surface area (TPSA) is 49.5 Å². The molecule has 26 heavy (non-hydrogen) atoms. The van der Waals surface area contributed by atoms with Crippen LogP contribution in [-0.4, -0.2) is 20.5 Å². The van der Waals surface area contributed by atoms with Crippen LogP contribution < -0.4 is 17.7 Å². The first kappa shape index (κ1) is 14.9.